The minimum atomic E-state index is -0.343. The van der Waals surface area contributed by atoms with Crippen molar-refractivity contribution in [3.63, 3.8) is 0 Å². The molecule has 0 bridgehead atoms. The number of ether oxygens (including phenoxy) is 1. The first-order valence-electron chi connectivity index (χ1n) is 11.0. The lowest BCUT2D eigenvalue weighted by molar-refractivity contribution is 0.303. The van der Waals surface area contributed by atoms with Crippen LogP contribution < -0.4 is 10.3 Å². The molecule has 0 radical (unpaired) electrons. The number of fused-ring (bicyclic) bond motifs is 1. The SMILES string of the molecule is O=c1c2ccccc2nc(-c2ccccc2)n1N=Cc1cc(Cl)cc(Br)c1OCc1cccc(F)c1. The number of benzene rings is 4. The molecule has 0 aliphatic heterocycles. The predicted molar refractivity (Wildman–Crippen MR) is 144 cm³/mol. The molecule has 0 saturated heterocycles. The second kappa shape index (κ2) is 10.4. The van der Waals surface area contributed by atoms with Crippen LogP contribution in [-0.2, 0) is 6.61 Å². The van der Waals surface area contributed by atoms with E-state index in [1.54, 1.807) is 42.5 Å². The van der Waals surface area contributed by atoms with E-state index in [-0.39, 0.29) is 18.0 Å². The van der Waals surface area contributed by atoms with Gasteiger partial charge in [0.1, 0.15) is 18.2 Å². The van der Waals surface area contributed by atoms with Crippen LogP contribution >= 0.6 is 27.5 Å². The molecule has 0 amide bonds. The van der Waals surface area contributed by atoms with Crippen molar-refractivity contribution >= 4 is 44.6 Å². The van der Waals surface area contributed by atoms with Gasteiger partial charge >= 0.3 is 0 Å². The molecule has 5 aromatic rings. The molecule has 36 heavy (non-hydrogen) atoms. The van der Waals surface area contributed by atoms with Crippen LogP contribution in [0, 0.1) is 5.82 Å². The van der Waals surface area contributed by atoms with Gasteiger partial charge in [0.05, 0.1) is 21.6 Å². The quantitative estimate of drug-likeness (QED) is 0.208. The zero-order valence-electron chi connectivity index (χ0n) is 18.7. The Bertz CT molecular complexity index is 1650. The standard InChI is InChI=1S/C28H18BrClFN3O2/c29-24-15-21(30)14-20(26(24)36-17-18-7-6-10-22(31)13-18)16-32-34-27(19-8-2-1-3-9-19)33-25-12-5-4-11-23(25)28(34)35/h1-16H,17H2. The third-order valence-electron chi connectivity index (χ3n) is 5.41. The molecular formula is C28H18BrClFN3O2. The summed E-state index contributed by atoms with van der Waals surface area (Å²) in [7, 11) is 0. The fraction of sp³-hybridized carbons (Fsp3) is 0.0357. The van der Waals surface area contributed by atoms with Crippen molar-refractivity contribution in [3.8, 4) is 17.1 Å². The smallest absolute Gasteiger partial charge is 0.282 e. The lowest BCUT2D eigenvalue weighted by atomic mass is 10.2. The van der Waals surface area contributed by atoms with Crippen LogP contribution in [0.15, 0.2) is 105 Å². The summed E-state index contributed by atoms with van der Waals surface area (Å²) >= 11 is 9.79. The largest absolute Gasteiger partial charge is 0.487 e. The van der Waals surface area contributed by atoms with E-state index >= 15 is 0 Å². The Balaban J connectivity index is 1.59. The molecule has 1 aromatic heterocycles. The molecule has 1 heterocycles. The van der Waals surface area contributed by atoms with Gasteiger partial charge in [-0.1, -0.05) is 66.2 Å². The molecule has 4 aromatic carbocycles. The number of para-hydroxylation sites is 1. The highest BCUT2D eigenvalue weighted by Gasteiger charge is 2.14. The van der Waals surface area contributed by atoms with Gasteiger partial charge < -0.3 is 4.74 Å². The third kappa shape index (κ3) is 5.08. The minimum absolute atomic E-state index is 0.131. The topological polar surface area (TPSA) is 56.5 Å². The Morgan fingerprint density at radius 3 is 2.58 bits per heavy atom. The molecule has 0 aliphatic rings. The van der Waals surface area contributed by atoms with E-state index < -0.39 is 0 Å². The van der Waals surface area contributed by atoms with E-state index in [4.69, 9.17) is 21.3 Å². The summed E-state index contributed by atoms with van der Waals surface area (Å²) in [5.74, 6) is 0.513. The number of nitrogens with zero attached hydrogens (tertiary/aromatic N) is 3. The number of rotatable bonds is 6. The van der Waals surface area contributed by atoms with Crippen molar-refractivity contribution in [1.29, 1.82) is 0 Å². The molecule has 8 heteroatoms. The van der Waals surface area contributed by atoms with Crippen LogP contribution in [0.1, 0.15) is 11.1 Å². The van der Waals surface area contributed by atoms with Gasteiger partial charge in [-0.15, -0.1) is 0 Å². The maximum atomic E-state index is 13.6. The fourth-order valence-corrected chi connectivity index (χ4v) is 4.68. The Kier molecular flexibility index (Phi) is 6.93. The Hall–Kier alpha value is -3.81. The normalized spacial score (nSPS) is 11.3. The highest BCUT2D eigenvalue weighted by Crippen LogP contribution is 2.33. The lowest BCUT2D eigenvalue weighted by Crippen LogP contribution is -2.20. The van der Waals surface area contributed by atoms with Crippen LogP contribution in [0.2, 0.25) is 5.02 Å². The van der Waals surface area contributed by atoms with E-state index in [9.17, 15) is 9.18 Å². The fourth-order valence-electron chi connectivity index (χ4n) is 3.74. The van der Waals surface area contributed by atoms with Gasteiger partial charge in [0.25, 0.3) is 5.56 Å². The first-order valence-corrected chi connectivity index (χ1v) is 12.1. The molecule has 0 fully saturated rings. The van der Waals surface area contributed by atoms with E-state index in [0.29, 0.717) is 43.1 Å². The van der Waals surface area contributed by atoms with Crippen LogP contribution in [0.3, 0.4) is 0 Å². The van der Waals surface area contributed by atoms with Gasteiger partial charge in [0.15, 0.2) is 5.82 Å². The summed E-state index contributed by atoms with van der Waals surface area (Å²) in [6.45, 7) is 0.131. The highest BCUT2D eigenvalue weighted by molar-refractivity contribution is 9.10. The van der Waals surface area contributed by atoms with Gasteiger partial charge in [-0.2, -0.15) is 9.78 Å². The highest BCUT2D eigenvalue weighted by atomic mass is 79.9. The molecule has 0 saturated carbocycles. The first-order chi connectivity index (χ1) is 17.5. The Labute approximate surface area is 219 Å². The summed E-state index contributed by atoms with van der Waals surface area (Å²) in [6, 6.07) is 26.1. The van der Waals surface area contributed by atoms with Gasteiger partial charge in [-0.05, 0) is 57.9 Å². The number of hydrogen-bond acceptors (Lipinski definition) is 4. The van der Waals surface area contributed by atoms with Crippen molar-refractivity contribution in [1.82, 2.24) is 9.66 Å². The maximum Gasteiger partial charge on any atom is 0.282 e. The summed E-state index contributed by atoms with van der Waals surface area (Å²) in [5, 5.41) is 5.41. The maximum absolute atomic E-state index is 13.6. The number of hydrogen-bond donors (Lipinski definition) is 0. The molecule has 0 atom stereocenters. The molecule has 178 valence electrons. The summed E-state index contributed by atoms with van der Waals surface area (Å²) in [5.41, 5.74) is 2.22. The van der Waals surface area contributed by atoms with Crippen LogP contribution in [-0.4, -0.2) is 15.9 Å². The van der Waals surface area contributed by atoms with E-state index in [0.717, 1.165) is 5.56 Å². The van der Waals surface area contributed by atoms with Crippen LogP contribution in [0.5, 0.6) is 5.75 Å². The first kappa shape index (κ1) is 23.9. The van der Waals surface area contributed by atoms with Crippen LogP contribution in [0.25, 0.3) is 22.3 Å². The second-order valence-electron chi connectivity index (χ2n) is 7.90. The van der Waals surface area contributed by atoms with Crippen LogP contribution in [0.4, 0.5) is 4.39 Å². The number of aromatic nitrogens is 2. The average molecular weight is 563 g/mol. The van der Waals surface area contributed by atoms with Crippen molar-refractivity contribution in [2.24, 2.45) is 5.10 Å². The lowest BCUT2D eigenvalue weighted by Gasteiger charge is -2.13. The van der Waals surface area contributed by atoms with Crippen molar-refractivity contribution in [3.05, 3.63) is 128 Å². The summed E-state index contributed by atoms with van der Waals surface area (Å²) < 4.78 is 21.5. The van der Waals surface area contributed by atoms with Gasteiger partial charge in [0, 0.05) is 16.1 Å². The molecule has 0 N–H and O–H groups in total. The van der Waals surface area contributed by atoms with E-state index in [1.165, 1.54) is 23.0 Å². The average Bonchev–Trinajstić information content (AvgIpc) is 2.88. The molecule has 5 nitrogen and oxygen atoms in total. The van der Waals surface area contributed by atoms with Gasteiger partial charge in [0.2, 0.25) is 0 Å². The monoisotopic (exact) mass is 561 g/mol. The Morgan fingerprint density at radius 1 is 1.00 bits per heavy atom. The molecule has 0 spiro atoms. The molecule has 5 rings (SSSR count). The van der Waals surface area contributed by atoms with E-state index in [2.05, 4.69) is 21.0 Å². The zero-order chi connectivity index (χ0) is 25.1. The van der Waals surface area contributed by atoms with Gasteiger partial charge in [-0.3, -0.25) is 4.79 Å². The Morgan fingerprint density at radius 2 is 1.78 bits per heavy atom. The predicted octanol–water partition coefficient (Wildman–Crippen LogP) is 7.08. The summed E-state index contributed by atoms with van der Waals surface area (Å²) in [4.78, 5) is 18.1. The number of halogens is 3. The van der Waals surface area contributed by atoms with E-state index in [1.807, 2.05) is 36.4 Å². The summed E-state index contributed by atoms with van der Waals surface area (Å²) in [6.07, 6.45) is 1.50. The second-order valence-corrected chi connectivity index (χ2v) is 9.20. The zero-order valence-corrected chi connectivity index (χ0v) is 21.1. The van der Waals surface area contributed by atoms with Crippen molar-refractivity contribution in [2.45, 2.75) is 6.61 Å². The third-order valence-corrected chi connectivity index (χ3v) is 6.21. The minimum Gasteiger partial charge on any atom is -0.487 e. The van der Waals surface area contributed by atoms with Gasteiger partial charge in [-0.25, -0.2) is 9.37 Å². The molecule has 0 aliphatic carbocycles. The van der Waals surface area contributed by atoms with Crippen molar-refractivity contribution < 1.29 is 9.13 Å². The molecular weight excluding hydrogens is 545 g/mol. The van der Waals surface area contributed by atoms with Crippen molar-refractivity contribution in [2.75, 3.05) is 0 Å². The molecule has 0 unspecified atom stereocenters.